The van der Waals surface area contributed by atoms with Gasteiger partial charge in [-0.25, -0.2) is 0 Å². The third-order valence-corrected chi connectivity index (χ3v) is 2.98. The number of ether oxygens (including phenoxy) is 1. The number of rotatable bonds is 5. The van der Waals surface area contributed by atoms with Crippen LogP contribution in [0.5, 0.6) is 11.5 Å². The topological polar surface area (TPSA) is 58.6 Å². The van der Waals surface area contributed by atoms with Gasteiger partial charge in [-0.15, -0.1) is 0 Å². The van der Waals surface area contributed by atoms with Crippen LogP contribution in [0.3, 0.4) is 0 Å². The van der Waals surface area contributed by atoms with Crippen molar-refractivity contribution >= 4 is 11.6 Å². The fraction of sp³-hybridized carbons (Fsp3) is 0.167. The minimum Gasteiger partial charge on any atom is -0.506 e. The number of amides is 1. The number of anilines is 1. The highest BCUT2D eigenvalue weighted by molar-refractivity contribution is 6.05. The van der Waals surface area contributed by atoms with E-state index in [1.165, 1.54) is 0 Å². The van der Waals surface area contributed by atoms with Crippen LogP contribution in [0.2, 0.25) is 0 Å². The Morgan fingerprint density at radius 3 is 2.77 bits per heavy atom. The molecule has 4 nitrogen and oxygen atoms in total. The fourth-order valence-electron chi connectivity index (χ4n) is 1.88. The molecule has 0 saturated heterocycles. The van der Waals surface area contributed by atoms with Crippen molar-refractivity contribution in [3.8, 4) is 11.5 Å². The summed E-state index contributed by atoms with van der Waals surface area (Å²) in [6, 6.07) is 11.9. The Labute approximate surface area is 130 Å². The molecule has 0 aromatic heterocycles. The molecule has 2 rings (SSSR count). The quantitative estimate of drug-likeness (QED) is 0.650. The molecule has 0 bridgehead atoms. The van der Waals surface area contributed by atoms with Gasteiger partial charge in [0.25, 0.3) is 5.91 Å². The number of phenols is 1. The highest BCUT2D eigenvalue weighted by Crippen LogP contribution is 2.25. The van der Waals surface area contributed by atoms with Crippen molar-refractivity contribution in [3.05, 3.63) is 65.7 Å². The highest BCUT2D eigenvalue weighted by Gasteiger charge is 2.10. The van der Waals surface area contributed by atoms with E-state index in [-0.39, 0.29) is 11.7 Å². The normalized spacial score (nSPS) is 10.1. The molecule has 0 radical (unpaired) electrons. The van der Waals surface area contributed by atoms with Gasteiger partial charge >= 0.3 is 0 Å². The van der Waals surface area contributed by atoms with Crippen molar-refractivity contribution in [2.75, 3.05) is 11.9 Å². The number of carbonyl (C=O) groups is 1. The molecular formula is C18H19NO3. The zero-order valence-electron chi connectivity index (χ0n) is 12.7. The fourth-order valence-corrected chi connectivity index (χ4v) is 1.88. The summed E-state index contributed by atoms with van der Waals surface area (Å²) in [7, 11) is 0. The van der Waals surface area contributed by atoms with E-state index >= 15 is 0 Å². The third-order valence-electron chi connectivity index (χ3n) is 2.98. The number of phenolic OH excluding ortho intramolecular Hbond substituents is 1. The molecule has 0 spiro atoms. The first-order chi connectivity index (χ1) is 10.5. The van der Waals surface area contributed by atoms with Crippen LogP contribution in [0.4, 0.5) is 5.69 Å². The second-order valence-electron chi connectivity index (χ2n) is 5.25. The average Bonchev–Trinajstić information content (AvgIpc) is 2.49. The van der Waals surface area contributed by atoms with Crippen LogP contribution in [0.1, 0.15) is 22.8 Å². The molecular weight excluding hydrogens is 278 g/mol. The summed E-state index contributed by atoms with van der Waals surface area (Å²) < 4.78 is 5.52. The van der Waals surface area contributed by atoms with Crippen LogP contribution < -0.4 is 10.1 Å². The highest BCUT2D eigenvalue weighted by atomic mass is 16.5. The second-order valence-corrected chi connectivity index (χ2v) is 5.25. The Balaban J connectivity index is 2.14. The molecule has 2 aromatic rings. The summed E-state index contributed by atoms with van der Waals surface area (Å²) in [5, 5.41) is 12.5. The molecule has 114 valence electrons. The van der Waals surface area contributed by atoms with Gasteiger partial charge < -0.3 is 15.2 Å². The lowest BCUT2D eigenvalue weighted by Gasteiger charge is -2.10. The van der Waals surface area contributed by atoms with Crippen LogP contribution >= 0.6 is 0 Å². The van der Waals surface area contributed by atoms with E-state index in [2.05, 4.69) is 11.9 Å². The van der Waals surface area contributed by atoms with Crippen molar-refractivity contribution in [2.45, 2.75) is 13.8 Å². The zero-order chi connectivity index (χ0) is 16.1. The monoisotopic (exact) mass is 297 g/mol. The molecule has 0 atom stereocenters. The van der Waals surface area contributed by atoms with E-state index in [1.807, 2.05) is 13.8 Å². The maximum absolute atomic E-state index is 12.3. The molecule has 0 fully saturated rings. The van der Waals surface area contributed by atoms with Gasteiger partial charge in [-0.1, -0.05) is 18.7 Å². The molecule has 1 amide bonds. The predicted octanol–water partition coefficient (Wildman–Crippen LogP) is 3.91. The van der Waals surface area contributed by atoms with E-state index in [9.17, 15) is 9.90 Å². The Hall–Kier alpha value is -2.75. The first-order valence-corrected chi connectivity index (χ1v) is 6.94. The minimum atomic E-state index is -0.304. The van der Waals surface area contributed by atoms with Crippen molar-refractivity contribution in [1.29, 1.82) is 0 Å². The van der Waals surface area contributed by atoms with Crippen LogP contribution in [-0.4, -0.2) is 17.6 Å². The molecule has 2 aromatic carbocycles. The Morgan fingerprint density at radius 1 is 1.27 bits per heavy atom. The van der Waals surface area contributed by atoms with E-state index in [0.717, 1.165) is 11.1 Å². The number of hydrogen-bond acceptors (Lipinski definition) is 3. The molecule has 0 aliphatic carbocycles. The number of carbonyl (C=O) groups excluding carboxylic acids is 1. The number of aromatic hydroxyl groups is 1. The smallest absolute Gasteiger partial charge is 0.255 e. The van der Waals surface area contributed by atoms with Crippen molar-refractivity contribution in [3.63, 3.8) is 0 Å². The van der Waals surface area contributed by atoms with Gasteiger partial charge in [-0.05, 0) is 55.3 Å². The molecule has 0 heterocycles. The number of aryl methyl sites for hydroxylation is 1. The molecule has 0 unspecified atom stereocenters. The molecule has 0 aliphatic rings. The van der Waals surface area contributed by atoms with E-state index in [0.29, 0.717) is 23.6 Å². The first-order valence-electron chi connectivity index (χ1n) is 6.94. The van der Waals surface area contributed by atoms with Gasteiger partial charge in [0.2, 0.25) is 0 Å². The Bertz CT molecular complexity index is 707. The SMILES string of the molecule is C=C(C)COc1cccc(C(=O)Nc2cc(C)ccc2O)c1. The molecule has 0 saturated carbocycles. The predicted molar refractivity (Wildman–Crippen MR) is 87.5 cm³/mol. The zero-order valence-corrected chi connectivity index (χ0v) is 12.7. The number of nitrogens with one attached hydrogen (secondary N) is 1. The van der Waals surface area contributed by atoms with Crippen molar-refractivity contribution in [1.82, 2.24) is 0 Å². The van der Waals surface area contributed by atoms with E-state index in [4.69, 9.17) is 4.74 Å². The summed E-state index contributed by atoms with van der Waals surface area (Å²) >= 11 is 0. The van der Waals surface area contributed by atoms with Crippen LogP contribution in [0, 0.1) is 6.92 Å². The van der Waals surface area contributed by atoms with Crippen LogP contribution in [0.15, 0.2) is 54.6 Å². The molecule has 22 heavy (non-hydrogen) atoms. The molecule has 2 N–H and O–H groups in total. The summed E-state index contributed by atoms with van der Waals surface area (Å²) in [5.41, 5.74) is 2.70. The van der Waals surface area contributed by atoms with Crippen LogP contribution in [-0.2, 0) is 0 Å². The minimum absolute atomic E-state index is 0.0358. The summed E-state index contributed by atoms with van der Waals surface area (Å²) in [6.45, 7) is 7.94. The molecule has 0 aliphatic heterocycles. The van der Waals surface area contributed by atoms with E-state index < -0.39 is 0 Å². The number of hydrogen-bond donors (Lipinski definition) is 2. The largest absolute Gasteiger partial charge is 0.506 e. The van der Waals surface area contributed by atoms with E-state index in [1.54, 1.807) is 42.5 Å². The molecule has 4 heteroatoms. The summed E-state index contributed by atoms with van der Waals surface area (Å²) in [6.07, 6.45) is 0. The van der Waals surface area contributed by atoms with Crippen LogP contribution in [0.25, 0.3) is 0 Å². The lowest BCUT2D eigenvalue weighted by atomic mass is 10.1. The average molecular weight is 297 g/mol. The van der Waals surface area contributed by atoms with Gasteiger partial charge in [-0.2, -0.15) is 0 Å². The van der Waals surface area contributed by atoms with Gasteiger partial charge in [-0.3, -0.25) is 4.79 Å². The third kappa shape index (κ3) is 4.12. The Morgan fingerprint density at radius 2 is 2.05 bits per heavy atom. The number of benzene rings is 2. The van der Waals surface area contributed by atoms with Gasteiger partial charge in [0.15, 0.2) is 0 Å². The summed E-state index contributed by atoms with van der Waals surface area (Å²) in [4.78, 5) is 12.3. The lowest BCUT2D eigenvalue weighted by Crippen LogP contribution is -2.12. The lowest BCUT2D eigenvalue weighted by molar-refractivity contribution is 0.102. The second kappa shape index (κ2) is 6.80. The van der Waals surface area contributed by atoms with Crippen molar-refractivity contribution in [2.24, 2.45) is 0 Å². The van der Waals surface area contributed by atoms with Gasteiger partial charge in [0.1, 0.15) is 18.1 Å². The van der Waals surface area contributed by atoms with Gasteiger partial charge in [0.05, 0.1) is 5.69 Å². The van der Waals surface area contributed by atoms with Gasteiger partial charge in [0, 0.05) is 5.56 Å². The Kier molecular flexibility index (Phi) is 4.84. The first kappa shape index (κ1) is 15.6. The maximum atomic E-state index is 12.3. The standard InChI is InChI=1S/C18H19NO3/c1-12(2)11-22-15-6-4-5-14(10-15)18(21)19-16-9-13(3)7-8-17(16)20/h4-10,20H,1,11H2,2-3H3,(H,19,21). The van der Waals surface area contributed by atoms with Crippen molar-refractivity contribution < 1.29 is 14.6 Å². The summed E-state index contributed by atoms with van der Waals surface area (Å²) in [5.74, 6) is 0.333. The maximum Gasteiger partial charge on any atom is 0.255 e.